The van der Waals surface area contributed by atoms with E-state index in [4.69, 9.17) is 19.3 Å². The Kier molecular flexibility index (Phi) is 15.0. The molecule has 0 aromatic rings. The van der Waals surface area contributed by atoms with Crippen molar-refractivity contribution < 1.29 is 29.2 Å². The van der Waals surface area contributed by atoms with Crippen LogP contribution in [-0.2, 0) is 19.0 Å². The first-order valence-electron chi connectivity index (χ1n) is 7.23. The van der Waals surface area contributed by atoms with Crippen LogP contribution in [-0.4, -0.2) is 81.7 Å². The molecule has 0 bridgehead atoms. The van der Waals surface area contributed by atoms with E-state index in [0.29, 0.717) is 45.9 Å². The Labute approximate surface area is 125 Å². The quantitative estimate of drug-likeness (QED) is 0.214. The number of carbonyl (C=O) groups excluding carboxylic acids is 1. The van der Waals surface area contributed by atoms with E-state index in [2.05, 4.69) is 10.6 Å². The number of aliphatic hydroxyl groups excluding tert-OH is 2. The fraction of sp³-hybridized carbons (Fsp3) is 0.923. The molecule has 0 saturated carbocycles. The van der Waals surface area contributed by atoms with Crippen molar-refractivity contribution in [1.29, 1.82) is 0 Å². The van der Waals surface area contributed by atoms with E-state index < -0.39 is 6.23 Å². The summed E-state index contributed by atoms with van der Waals surface area (Å²) in [5.41, 5.74) is 0. The molecule has 0 rings (SSSR count). The normalized spacial score (nSPS) is 12.3. The molecule has 0 fully saturated rings. The molecule has 0 saturated heterocycles. The van der Waals surface area contributed by atoms with Crippen LogP contribution in [0.2, 0.25) is 0 Å². The fourth-order valence-electron chi connectivity index (χ4n) is 1.31. The highest BCUT2D eigenvalue weighted by Crippen LogP contribution is 1.84. The summed E-state index contributed by atoms with van der Waals surface area (Å²) in [5, 5.41) is 23.2. The van der Waals surface area contributed by atoms with Gasteiger partial charge in [0.15, 0.2) is 0 Å². The Morgan fingerprint density at radius 1 is 1.05 bits per heavy atom. The molecule has 1 amide bonds. The first kappa shape index (κ1) is 20.2. The Hall–Kier alpha value is -0.770. The van der Waals surface area contributed by atoms with E-state index in [-0.39, 0.29) is 25.7 Å². The molecule has 8 heteroatoms. The summed E-state index contributed by atoms with van der Waals surface area (Å²) in [4.78, 5) is 11.3. The molecule has 1 atom stereocenters. The van der Waals surface area contributed by atoms with Crippen LogP contribution < -0.4 is 10.6 Å². The van der Waals surface area contributed by atoms with Crippen molar-refractivity contribution in [3.05, 3.63) is 0 Å². The SMILES string of the molecule is CCC(O)NCCOCCOCC(=O)NCCOCCO. The van der Waals surface area contributed by atoms with Gasteiger partial charge in [-0.3, -0.25) is 10.1 Å². The van der Waals surface area contributed by atoms with Gasteiger partial charge in [-0.05, 0) is 6.42 Å². The first-order chi connectivity index (χ1) is 10.2. The molecule has 0 aromatic carbocycles. The number of hydrogen-bond acceptors (Lipinski definition) is 7. The third-order valence-electron chi connectivity index (χ3n) is 2.42. The highest BCUT2D eigenvalue weighted by molar-refractivity contribution is 5.77. The second-order valence-corrected chi connectivity index (χ2v) is 4.23. The average molecular weight is 308 g/mol. The summed E-state index contributed by atoms with van der Waals surface area (Å²) in [7, 11) is 0. The standard InChI is InChI=1S/C13H28N2O6/c1-2-12(17)14-3-7-20-9-10-21-11-13(18)15-4-6-19-8-5-16/h12,14,16-17H,2-11H2,1H3,(H,15,18). The van der Waals surface area contributed by atoms with Gasteiger partial charge in [0.2, 0.25) is 5.91 Å². The summed E-state index contributed by atoms with van der Waals surface area (Å²) in [6.45, 7) is 4.67. The van der Waals surface area contributed by atoms with Crippen molar-refractivity contribution in [1.82, 2.24) is 10.6 Å². The molecular weight excluding hydrogens is 280 g/mol. The number of aliphatic hydroxyl groups is 2. The van der Waals surface area contributed by atoms with Crippen molar-refractivity contribution in [2.75, 3.05) is 59.3 Å². The summed E-state index contributed by atoms with van der Waals surface area (Å²) in [6.07, 6.45) is 0.165. The maximum absolute atomic E-state index is 11.3. The van der Waals surface area contributed by atoms with E-state index in [1.165, 1.54) is 0 Å². The van der Waals surface area contributed by atoms with Crippen molar-refractivity contribution in [3.8, 4) is 0 Å². The number of carbonyl (C=O) groups is 1. The van der Waals surface area contributed by atoms with Gasteiger partial charge in [-0.2, -0.15) is 0 Å². The van der Waals surface area contributed by atoms with E-state index in [0.717, 1.165) is 0 Å². The van der Waals surface area contributed by atoms with Crippen LogP contribution in [0.3, 0.4) is 0 Å². The van der Waals surface area contributed by atoms with Gasteiger partial charge in [0.25, 0.3) is 0 Å². The smallest absolute Gasteiger partial charge is 0.246 e. The van der Waals surface area contributed by atoms with Gasteiger partial charge in [0, 0.05) is 13.1 Å². The topological polar surface area (TPSA) is 109 Å². The van der Waals surface area contributed by atoms with Crippen LogP contribution in [0.25, 0.3) is 0 Å². The van der Waals surface area contributed by atoms with Crippen LogP contribution >= 0.6 is 0 Å². The van der Waals surface area contributed by atoms with Crippen molar-refractivity contribution >= 4 is 5.91 Å². The predicted molar refractivity (Wildman–Crippen MR) is 76.9 cm³/mol. The molecule has 4 N–H and O–H groups in total. The molecule has 21 heavy (non-hydrogen) atoms. The van der Waals surface area contributed by atoms with Gasteiger partial charge in [-0.15, -0.1) is 0 Å². The Bertz CT molecular complexity index is 243. The number of ether oxygens (including phenoxy) is 3. The van der Waals surface area contributed by atoms with Gasteiger partial charge in [-0.1, -0.05) is 6.92 Å². The van der Waals surface area contributed by atoms with Gasteiger partial charge in [0.1, 0.15) is 12.8 Å². The maximum Gasteiger partial charge on any atom is 0.246 e. The minimum Gasteiger partial charge on any atom is -0.394 e. The summed E-state index contributed by atoms with van der Waals surface area (Å²) < 4.78 is 15.4. The van der Waals surface area contributed by atoms with Crippen LogP contribution in [0, 0.1) is 0 Å². The molecule has 0 spiro atoms. The molecule has 0 radical (unpaired) electrons. The minimum absolute atomic E-state index is 0.0177. The average Bonchev–Trinajstić information content (AvgIpc) is 2.49. The number of hydrogen-bond donors (Lipinski definition) is 4. The third-order valence-corrected chi connectivity index (χ3v) is 2.42. The number of amides is 1. The number of nitrogens with one attached hydrogen (secondary N) is 2. The Balaban J connectivity index is 3.18. The summed E-state index contributed by atoms with van der Waals surface area (Å²) >= 11 is 0. The van der Waals surface area contributed by atoms with Crippen molar-refractivity contribution in [2.24, 2.45) is 0 Å². The van der Waals surface area contributed by atoms with E-state index in [1.54, 1.807) is 0 Å². The number of rotatable bonds is 15. The van der Waals surface area contributed by atoms with Crippen molar-refractivity contribution in [3.63, 3.8) is 0 Å². The van der Waals surface area contributed by atoms with E-state index in [1.807, 2.05) is 6.92 Å². The van der Waals surface area contributed by atoms with Crippen LogP contribution in [0.1, 0.15) is 13.3 Å². The molecule has 0 aliphatic carbocycles. The summed E-state index contributed by atoms with van der Waals surface area (Å²) in [5.74, 6) is -0.213. The molecule has 0 aliphatic rings. The largest absolute Gasteiger partial charge is 0.394 e. The zero-order chi connectivity index (χ0) is 15.8. The molecule has 0 heterocycles. The van der Waals surface area contributed by atoms with Gasteiger partial charge < -0.3 is 29.7 Å². The molecule has 1 unspecified atom stereocenters. The van der Waals surface area contributed by atoms with Crippen molar-refractivity contribution in [2.45, 2.75) is 19.6 Å². The third kappa shape index (κ3) is 15.4. The van der Waals surface area contributed by atoms with Gasteiger partial charge >= 0.3 is 0 Å². The zero-order valence-electron chi connectivity index (χ0n) is 12.7. The summed E-state index contributed by atoms with van der Waals surface area (Å²) in [6, 6.07) is 0. The predicted octanol–water partition coefficient (Wildman–Crippen LogP) is -1.54. The Morgan fingerprint density at radius 3 is 2.43 bits per heavy atom. The van der Waals surface area contributed by atoms with Crippen LogP contribution in [0.4, 0.5) is 0 Å². The minimum atomic E-state index is -0.491. The molecule has 0 aliphatic heterocycles. The maximum atomic E-state index is 11.3. The van der Waals surface area contributed by atoms with Crippen LogP contribution in [0.5, 0.6) is 0 Å². The fourth-order valence-corrected chi connectivity index (χ4v) is 1.31. The van der Waals surface area contributed by atoms with Crippen LogP contribution in [0.15, 0.2) is 0 Å². The first-order valence-corrected chi connectivity index (χ1v) is 7.23. The lowest BCUT2D eigenvalue weighted by molar-refractivity contribution is -0.126. The van der Waals surface area contributed by atoms with E-state index in [9.17, 15) is 9.90 Å². The molecular formula is C13H28N2O6. The highest BCUT2D eigenvalue weighted by Gasteiger charge is 2.01. The second-order valence-electron chi connectivity index (χ2n) is 4.23. The highest BCUT2D eigenvalue weighted by atomic mass is 16.5. The lowest BCUT2D eigenvalue weighted by Gasteiger charge is -2.10. The molecule has 126 valence electrons. The lowest BCUT2D eigenvalue weighted by atomic mass is 10.4. The second kappa shape index (κ2) is 15.6. The lowest BCUT2D eigenvalue weighted by Crippen LogP contribution is -2.32. The van der Waals surface area contributed by atoms with E-state index >= 15 is 0 Å². The van der Waals surface area contributed by atoms with Gasteiger partial charge in [-0.25, -0.2) is 0 Å². The zero-order valence-corrected chi connectivity index (χ0v) is 12.7. The van der Waals surface area contributed by atoms with Gasteiger partial charge in [0.05, 0.1) is 39.6 Å². The molecule has 8 nitrogen and oxygen atoms in total. The Morgan fingerprint density at radius 2 is 1.71 bits per heavy atom. The molecule has 0 aromatic heterocycles. The monoisotopic (exact) mass is 308 g/mol.